The van der Waals surface area contributed by atoms with Crippen molar-refractivity contribution in [2.75, 3.05) is 32.0 Å². The van der Waals surface area contributed by atoms with E-state index in [1.807, 2.05) is 0 Å². The molecule has 126 valence electrons. The Kier molecular flexibility index (Phi) is 5.89. The smallest absolute Gasteiger partial charge is 0.292 e. The van der Waals surface area contributed by atoms with Gasteiger partial charge in [-0.05, 0) is 31.9 Å². The van der Waals surface area contributed by atoms with Crippen molar-refractivity contribution < 1.29 is 14.5 Å². The van der Waals surface area contributed by atoms with E-state index in [-0.39, 0.29) is 28.9 Å². The molecular formula is C15H22N4O4. The fourth-order valence-electron chi connectivity index (χ4n) is 2.63. The maximum atomic E-state index is 12.5. The molecule has 1 heterocycles. The van der Waals surface area contributed by atoms with E-state index < -0.39 is 4.92 Å². The minimum atomic E-state index is -0.580. The number of nitro benzene ring substituents is 1. The first-order valence-electron chi connectivity index (χ1n) is 7.68. The molecule has 0 atom stereocenters. The first-order valence-corrected chi connectivity index (χ1v) is 7.68. The number of likely N-dealkylation sites (tertiary alicyclic amines) is 1. The summed E-state index contributed by atoms with van der Waals surface area (Å²) in [7, 11) is 0. The molecule has 0 bridgehead atoms. The Morgan fingerprint density at radius 1 is 1.39 bits per heavy atom. The number of hydrogen-bond donors (Lipinski definition) is 2. The number of benzene rings is 1. The summed E-state index contributed by atoms with van der Waals surface area (Å²) in [6, 6.07) is 4.29. The van der Waals surface area contributed by atoms with Crippen molar-refractivity contribution in [1.29, 1.82) is 0 Å². The van der Waals surface area contributed by atoms with Crippen LogP contribution < -0.4 is 11.5 Å². The van der Waals surface area contributed by atoms with Crippen LogP contribution in [0.2, 0.25) is 0 Å². The van der Waals surface area contributed by atoms with Gasteiger partial charge < -0.3 is 21.1 Å². The van der Waals surface area contributed by atoms with Crippen molar-refractivity contribution >= 4 is 17.3 Å². The number of carbonyl (C=O) groups excluding carboxylic acids is 1. The molecular weight excluding hydrogens is 300 g/mol. The van der Waals surface area contributed by atoms with Gasteiger partial charge in [0.15, 0.2) is 0 Å². The van der Waals surface area contributed by atoms with Gasteiger partial charge in [0.25, 0.3) is 11.6 Å². The summed E-state index contributed by atoms with van der Waals surface area (Å²) >= 11 is 0. The fraction of sp³-hybridized carbons (Fsp3) is 0.533. The van der Waals surface area contributed by atoms with Crippen LogP contribution in [0.4, 0.5) is 11.4 Å². The first kappa shape index (κ1) is 17.2. The van der Waals surface area contributed by atoms with E-state index in [4.69, 9.17) is 16.2 Å². The lowest BCUT2D eigenvalue weighted by molar-refractivity contribution is -0.383. The van der Waals surface area contributed by atoms with Gasteiger partial charge in [-0.15, -0.1) is 0 Å². The number of nitrogen functional groups attached to an aromatic ring is 1. The SMILES string of the molecule is NCCCOC1CCN(C(=O)c2cccc([N+](=O)[O-])c2N)CC1. The molecule has 1 aliphatic heterocycles. The molecule has 0 saturated carbocycles. The van der Waals surface area contributed by atoms with Gasteiger partial charge in [0.1, 0.15) is 5.69 Å². The quantitative estimate of drug-likeness (QED) is 0.350. The van der Waals surface area contributed by atoms with Crippen LogP contribution in [0.1, 0.15) is 29.6 Å². The van der Waals surface area contributed by atoms with Crippen molar-refractivity contribution in [3.05, 3.63) is 33.9 Å². The molecule has 2 rings (SSSR count). The van der Waals surface area contributed by atoms with E-state index in [2.05, 4.69) is 0 Å². The number of hydrogen-bond acceptors (Lipinski definition) is 6. The predicted octanol–water partition coefficient (Wildman–Crippen LogP) is 1.15. The van der Waals surface area contributed by atoms with Gasteiger partial charge in [0.2, 0.25) is 0 Å². The number of ether oxygens (including phenoxy) is 1. The van der Waals surface area contributed by atoms with Crippen LogP contribution in [0.3, 0.4) is 0 Å². The number of nitro groups is 1. The monoisotopic (exact) mass is 322 g/mol. The maximum absolute atomic E-state index is 12.5. The minimum absolute atomic E-state index is 0.0798. The van der Waals surface area contributed by atoms with Crippen molar-refractivity contribution in [2.24, 2.45) is 5.73 Å². The summed E-state index contributed by atoms with van der Waals surface area (Å²) in [4.78, 5) is 24.5. The third-order valence-electron chi connectivity index (χ3n) is 3.94. The summed E-state index contributed by atoms with van der Waals surface area (Å²) in [6.07, 6.45) is 2.44. The molecule has 8 heteroatoms. The highest BCUT2D eigenvalue weighted by atomic mass is 16.6. The fourth-order valence-corrected chi connectivity index (χ4v) is 2.63. The number of piperidine rings is 1. The van der Waals surface area contributed by atoms with E-state index >= 15 is 0 Å². The standard InChI is InChI=1S/C15H22N4O4/c16-7-2-10-23-11-5-8-18(9-6-11)15(20)12-3-1-4-13(14(12)17)19(21)22/h1,3-4,11H,2,5-10,16-17H2. The molecule has 1 saturated heterocycles. The molecule has 0 radical (unpaired) electrons. The summed E-state index contributed by atoms with van der Waals surface area (Å²) in [5.74, 6) is -0.272. The number of nitrogens with two attached hydrogens (primary N) is 2. The Labute approximate surface area is 134 Å². The van der Waals surface area contributed by atoms with Gasteiger partial charge >= 0.3 is 0 Å². The van der Waals surface area contributed by atoms with Crippen LogP contribution in [0.15, 0.2) is 18.2 Å². The van der Waals surface area contributed by atoms with Crippen molar-refractivity contribution in [1.82, 2.24) is 4.90 Å². The highest BCUT2D eigenvalue weighted by Gasteiger charge is 2.27. The van der Waals surface area contributed by atoms with Crippen LogP contribution in [0.25, 0.3) is 0 Å². The average molecular weight is 322 g/mol. The number of nitrogens with zero attached hydrogens (tertiary/aromatic N) is 2. The zero-order valence-electron chi connectivity index (χ0n) is 12.9. The van der Waals surface area contributed by atoms with E-state index in [0.29, 0.717) is 26.2 Å². The second kappa shape index (κ2) is 7.89. The Bertz CT molecular complexity index is 571. The first-order chi connectivity index (χ1) is 11.0. The van der Waals surface area contributed by atoms with Crippen LogP contribution in [0, 0.1) is 10.1 Å². The Balaban J connectivity index is 1.98. The lowest BCUT2D eigenvalue weighted by atomic mass is 10.0. The van der Waals surface area contributed by atoms with Crippen molar-refractivity contribution in [2.45, 2.75) is 25.4 Å². The van der Waals surface area contributed by atoms with E-state index in [1.165, 1.54) is 18.2 Å². The molecule has 0 spiro atoms. The Hall–Kier alpha value is -2.19. The molecule has 1 aromatic rings. The van der Waals surface area contributed by atoms with Gasteiger partial charge in [0, 0.05) is 25.8 Å². The molecule has 4 N–H and O–H groups in total. The van der Waals surface area contributed by atoms with Crippen LogP contribution in [-0.4, -0.2) is 48.1 Å². The van der Waals surface area contributed by atoms with Gasteiger partial charge in [-0.25, -0.2) is 0 Å². The normalized spacial score (nSPS) is 15.6. The second-order valence-electron chi connectivity index (χ2n) is 5.50. The summed E-state index contributed by atoms with van der Waals surface area (Å²) in [5, 5.41) is 10.9. The zero-order chi connectivity index (χ0) is 16.8. The molecule has 23 heavy (non-hydrogen) atoms. The van der Waals surface area contributed by atoms with Crippen LogP contribution >= 0.6 is 0 Å². The lowest BCUT2D eigenvalue weighted by Crippen LogP contribution is -2.41. The number of anilines is 1. The maximum Gasteiger partial charge on any atom is 0.292 e. The minimum Gasteiger partial charge on any atom is -0.393 e. The number of amides is 1. The van der Waals surface area contributed by atoms with E-state index in [9.17, 15) is 14.9 Å². The topological polar surface area (TPSA) is 125 Å². The number of carbonyl (C=O) groups is 1. The van der Waals surface area contributed by atoms with Gasteiger partial charge in [-0.1, -0.05) is 6.07 Å². The third-order valence-corrected chi connectivity index (χ3v) is 3.94. The largest absolute Gasteiger partial charge is 0.393 e. The van der Waals surface area contributed by atoms with Crippen molar-refractivity contribution in [3.63, 3.8) is 0 Å². The molecule has 8 nitrogen and oxygen atoms in total. The third kappa shape index (κ3) is 4.17. The Morgan fingerprint density at radius 2 is 2.09 bits per heavy atom. The summed E-state index contributed by atoms with van der Waals surface area (Å²) in [6.45, 7) is 2.33. The lowest BCUT2D eigenvalue weighted by Gasteiger charge is -2.32. The van der Waals surface area contributed by atoms with Crippen LogP contribution in [-0.2, 0) is 4.74 Å². The molecule has 1 aromatic carbocycles. The molecule has 1 aliphatic rings. The highest BCUT2D eigenvalue weighted by Crippen LogP contribution is 2.27. The predicted molar refractivity (Wildman–Crippen MR) is 86.1 cm³/mol. The van der Waals surface area contributed by atoms with Crippen molar-refractivity contribution in [3.8, 4) is 0 Å². The highest BCUT2D eigenvalue weighted by molar-refractivity contribution is 6.01. The van der Waals surface area contributed by atoms with Crippen LogP contribution in [0.5, 0.6) is 0 Å². The summed E-state index contributed by atoms with van der Waals surface area (Å²) in [5.41, 5.74) is 11.1. The van der Waals surface area contributed by atoms with Gasteiger partial charge in [-0.2, -0.15) is 0 Å². The summed E-state index contributed by atoms with van der Waals surface area (Å²) < 4.78 is 5.70. The molecule has 0 unspecified atom stereocenters. The molecule has 0 aromatic heterocycles. The second-order valence-corrected chi connectivity index (χ2v) is 5.50. The van der Waals surface area contributed by atoms with Gasteiger partial charge in [-0.3, -0.25) is 14.9 Å². The average Bonchev–Trinajstić information content (AvgIpc) is 2.55. The number of rotatable bonds is 6. The molecule has 0 aliphatic carbocycles. The molecule has 1 fully saturated rings. The van der Waals surface area contributed by atoms with Gasteiger partial charge in [0.05, 0.1) is 16.6 Å². The van der Waals surface area contributed by atoms with E-state index in [0.717, 1.165) is 19.3 Å². The number of para-hydroxylation sites is 1. The zero-order valence-corrected chi connectivity index (χ0v) is 12.9. The van der Waals surface area contributed by atoms with E-state index in [1.54, 1.807) is 4.90 Å². The Morgan fingerprint density at radius 3 is 2.70 bits per heavy atom. The molecule has 1 amide bonds.